The molecule has 0 aliphatic carbocycles. The molecule has 0 saturated carbocycles. The molecule has 1 nitrogen and oxygen atoms in total. The second kappa shape index (κ2) is 57.0. The van der Waals surface area contributed by atoms with Gasteiger partial charge in [-0.25, -0.2) is 0 Å². The van der Waals surface area contributed by atoms with Crippen LogP contribution in [0.5, 0.6) is 0 Å². The predicted octanol–water partition coefficient (Wildman–Crippen LogP) is -9.38. The van der Waals surface area contributed by atoms with Gasteiger partial charge in [-0.05, 0) is 0 Å². The summed E-state index contributed by atoms with van der Waals surface area (Å²) >= 11 is 0. The quantitative estimate of drug-likeness (QED) is 0.467. The van der Waals surface area contributed by atoms with E-state index in [4.69, 9.17) is 5.11 Å². The second-order valence-corrected chi connectivity index (χ2v) is 0. The van der Waals surface area contributed by atoms with E-state index in [1.165, 1.54) is 0 Å². The van der Waals surface area contributed by atoms with Crippen LogP contribution in [0.25, 0.3) is 0 Å². The Morgan fingerprint density at radius 3 is 0.833 bits per heavy atom. The summed E-state index contributed by atoms with van der Waals surface area (Å²) in [5.41, 5.74) is 0. The average molecular weight is 279 g/mol. The molecule has 0 bridgehead atoms. The van der Waals surface area contributed by atoms with Gasteiger partial charge in [-0.1, -0.05) is 0 Å². The van der Waals surface area contributed by atoms with E-state index in [9.17, 15) is 0 Å². The maximum Gasteiger partial charge on any atom is 3.00 e. The molecule has 0 aromatic carbocycles. The predicted molar refractivity (Wildman–Crippen MR) is 8.14 cm³/mol. The Hall–Kier alpha value is 2.21. The van der Waals surface area contributed by atoms with Gasteiger partial charge in [0.15, 0.2) is 0 Å². The fraction of sp³-hybridized carbons (Fsp3) is 1.00. The second-order valence-electron chi connectivity index (χ2n) is 0. The molecule has 0 heterocycles. The molecule has 0 spiro atoms. The van der Waals surface area contributed by atoms with Gasteiger partial charge in [-0.2, -0.15) is 0 Å². The SMILES string of the molecule is CO.[Ce+3].[Cl-].[Cl-].[Cl-]. The van der Waals surface area contributed by atoms with E-state index in [-0.39, 0.29) is 79.0 Å². The first-order valence-electron chi connectivity index (χ1n) is 0.447. The monoisotopic (exact) mass is 277 g/mol. The van der Waals surface area contributed by atoms with Crippen LogP contribution in [0.15, 0.2) is 0 Å². The molecule has 0 saturated heterocycles. The molecule has 0 aliphatic rings. The number of aliphatic hydroxyl groups is 1. The summed E-state index contributed by atoms with van der Waals surface area (Å²) in [5, 5.41) is 7.00. The number of hydrogen-bond acceptors (Lipinski definition) is 1. The summed E-state index contributed by atoms with van der Waals surface area (Å²) < 4.78 is 0. The van der Waals surface area contributed by atoms with Gasteiger partial charge in [-0.3, -0.25) is 0 Å². The summed E-state index contributed by atoms with van der Waals surface area (Å²) in [5.74, 6) is 0. The maximum absolute atomic E-state index is 7.00. The van der Waals surface area contributed by atoms with Crippen LogP contribution in [0.2, 0.25) is 0 Å². The largest absolute Gasteiger partial charge is 3.00 e. The summed E-state index contributed by atoms with van der Waals surface area (Å²) in [6.45, 7) is 0. The Bertz CT molecular complexity index is 10.8. The topological polar surface area (TPSA) is 20.2 Å². The van der Waals surface area contributed by atoms with Gasteiger partial charge in [0, 0.05) is 7.11 Å². The zero-order valence-electron chi connectivity index (χ0n) is 3.08. The van der Waals surface area contributed by atoms with Gasteiger partial charge in [0.05, 0.1) is 0 Å². The number of aliphatic hydroxyl groups excluding tert-OH is 1. The van der Waals surface area contributed by atoms with Crippen molar-refractivity contribution in [3.63, 3.8) is 0 Å². The van der Waals surface area contributed by atoms with Crippen molar-refractivity contribution in [2.75, 3.05) is 7.11 Å². The molecule has 0 aromatic heterocycles. The third-order valence-corrected chi connectivity index (χ3v) is 0. The van der Waals surface area contributed by atoms with Crippen LogP contribution in [0.3, 0.4) is 0 Å². The summed E-state index contributed by atoms with van der Waals surface area (Å²) in [4.78, 5) is 0. The van der Waals surface area contributed by atoms with Gasteiger partial charge in [0.25, 0.3) is 0 Å². The summed E-state index contributed by atoms with van der Waals surface area (Å²) in [7, 11) is 1.00. The fourth-order valence-corrected chi connectivity index (χ4v) is 0. The van der Waals surface area contributed by atoms with Crippen molar-refractivity contribution in [3.05, 3.63) is 0 Å². The average Bonchev–Trinajstić information content (AvgIpc) is 1.00. The van der Waals surface area contributed by atoms with Crippen molar-refractivity contribution < 1.29 is 84.1 Å². The van der Waals surface area contributed by atoms with Gasteiger partial charge >= 0.3 is 41.7 Å². The molecule has 0 fully saturated rings. The van der Waals surface area contributed by atoms with Crippen LogP contribution in [-0.4, -0.2) is 12.2 Å². The first kappa shape index (κ1) is 41.5. The van der Waals surface area contributed by atoms with Gasteiger partial charge in [-0.15, -0.1) is 0 Å². The molecular weight excluding hydrogens is 274 g/mol. The van der Waals surface area contributed by atoms with Crippen LogP contribution in [0.1, 0.15) is 0 Å². The van der Waals surface area contributed by atoms with Crippen molar-refractivity contribution in [2.45, 2.75) is 0 Å². The van der Waals surface area contributed by atoms with Crippen LogP contribution >= 0.6 is 0 Å². The third-order valence-electron chi connectivity index (χ3n) is 0. The Labute approximate surface area is 89.9 Å². The van der Waals surface area contributed by atoms with Crippen molar-refractivity contribution in [1.29, 1.82) is 0 Å². The van der Waals surface area contributed by atoms with E-state index in [0.717, 1.165) is 7.11 Å². The molecule has 5 heteroatoms. The zero-order chi connectivity index (χ0) is 2.00. The van der Waals surface area contributed by atoms with Gasteiger partial charge < -0.3 is 42.3 Å². The molecule has 0 amide bonds. The minimum atomic E-state index is 0. The van der Waals surface area contributed by atoms with Gasteiger partial charge in [0.2, 0.25) is 0 Å². The standard InChI is InChI=1S/CH4O.Ce.3ClH/c1-2;;;;/h2H,1H3;;3*1H/q;+3;;;/p-3. The Morgan fingerprint density at radius 2 is 0.833 bits per heavy atom. The Balaban J connectivity index is -0.000000000833. The van der Waals surface area contributed by atoms with Crippen LogP contribution < -0.4 is 37.2 Å². The van der Waals surface area contributed by atoms with Crippen molar-refractivity contribution in [2.24, 2.45) is 0 Å². The van der Waals surface area contributed by atoms with Gasteiger partial charge in [0.1, 0.15) is 0 Å². The smallest absolute Gasteiger partial charge is 1.00 e. The van der Waals surface area contributed by atoms with E-state index in [1.807, 2.05) is 0 Å². The van der Waals surface area contributed by atoms with Crippen LogP contribution in [-0.2, 0) is 0 Å². The summed E-state index contributed by atoms with van der Waals surface area (Å²) in [6.07, 6.45) is 0. The van der Waals surface area contributed by atoms with E-state index in [1.54, 1.807) is 0 Å². The molecule has 0 unspecified atom stereocenters. The molecule has 1 N–H and O–H groups in total. The molecule has 6 heavy (non-hydrogen) atoms. The molecule has 0 rings (SSSR count). The van der Waals surface area contributed by atoms with E-state index < -0.39 is 0 Å². The third kappa shape index (κ3) is 34.6. The first-order valence-corrected chi connectivity index (χ1v) is 0.447. The zero-order valence-corrected chi connectivity index (χ0v) is 8.49. The molecule has 39 valence electrons. The molecule has 0 atom stereocenters. The first-order chi connectivity index (χ1) is 1.00. The molecule has 0 aromatic rings. The van der Waals surface area contributed by atoms with Crippen molar-refractivity contribution in [1.82, 2.24) is 0 Å². The number of halogens is 3. The fourth-order valence-electron chi connectivity index (χ4n) is 0. The van der Waals surface area contributed by atoms with Crippen molar-refractivity contribution in [3.8, 4) is 0 Å². The van der Waals surface area contributed by atoms with E-state index in [0.29, 0.717) is 0 Å². The van der Waals surface area contributed by atoms with E-state index >= 15 is 0 Å². The number of rotatable bonds is 0. The van der Waals surface area contributed by atoms with E-state index in [2.05, 4.69) is 0 Å². The Morgan fingerprint density at radius 1 is 0.833 bits per heavy atom. The summed E-state index contributed by atoms with van der Waals surface area (Å²) in [6, 6.07) is 0. The van der Waals surface area contributed by atoms with Crippen LogP contribution in [0, 0.1) is 41.7 Å². The molecule has 0 aliphatic heterocycles. The molecule has 1 radical (unpaired) electrons. The van der Waals surface area contributed by atoms with Crippen molar-refractivity contribution >= 4 is 0 Å². The molecular formula is CH4CeCl3O. The van der Waals surface area contributed by atoms with Crippen LogP contribution in [0.4, 0.5) is 0 Å². The minimum Gasteiger partial charge on any atom is -1.00 e. The Kier molecular flexibility index (Phi) is 394. The minimum absolute atomic E-state index is 0. The maximum atomic E-state index is 7.00. The number of hydrogen-bond donors (Lipinski definition) is 1. The normalized spacial score (nSPS) is 1.00.